The average molecular weight is 492 g/mol. The molecule has 4 rings (SSSR count). The number of hydrogen-bond donors (Lipinski definition) is 0. The first-order valence-corrected chi connectivity index (χ1v) is 12.2. The monoisotopic (exact) mass is 491 g/mol. The summed E-state index contributed by atoms with van der Waals surface area (Å²) >= 11 is 0. The molecule has 0 aromatic heterocycles. The van der Waals surface area contributed by atoms with Crippen LogP contribution in [0.3, 0.4) is 0 Å². The summed E-state index contributed by atoms with van der Waals surface area (Å²) in [5.74, 6) is 2.30. The molecule has 0 bridgehead atoms. The van der Waals surface area contributed by atoms with Gasteiger partial charge in [-0.1, -0.05) is 24.3 Å². The van der Waals surface area contributed by atoms with Crippen molar-refractivity contribution in [2.75, 3.05) is 33.9 Å². The van der Waals surface area contributed by atoms with E-state index in [1.165, 1.54) is 6.07 Å². The van der Waals surface area contributed by atoms with E-state index in [1.807, 2.05) is 31.2 Å². The van der Waals surface area contributed by atoms with Crippen LogP contribution in [-0.4, -0.2) is 48.6 Å². The lowest BCUT2D eigenvalue weighted by Crippen LogP contribution is -2.47. The molecule has 0 unspecified atom stereocenters. The molecular formula is C28H33N3O5. The van der Waals surface area contributed by atoms with E-state index in [1.54, 1.807) is 26.4 Å². The number of non-ortho nitro benzene ring substituents is 1. The number of nitro benzene ring substituents is 1. The van der Waals surface area contributed by atoms with Crippen molar-refractivity contribution in [2.45, 2.75) is 32.6 Å². The predicted octanol–water partition coefficient (Wildman–Crippen LogP) is 5.42. The van der Waals surface area contributed by atoms with Gasteiger partial charge in [-0.25, -0.2) is 0 Å². The van der Waals surface area contributed by atoms with E-state index in [0.29, 0.717) is 25.4 Å². The molecule has 8 heteroatoms. The van der Waals surface area contributed by atoms with Gasteiger partial charge in [0.2, 0.25) is 0 Å². The van der Waals surface area contributed by atoms with E-state index in [0.717, 1.165) is 47.7 Å². The fourth-order valence-electron chi connectivity index (χ4n) is 4.75. The maximum absolute atomic E-state index is 11.7. The van der Waals surface area contributed by atoms with Crippen LogP contribution in [0.1, 0.15) is 36.2 Å². The molecule has 0 atom stereocenters. The van der Waals surface area contributed by atoms with Crippen molar-refractivity contribution in [1.29, 1.82) is 0 Å². The van der Waals surface area contributed by atoms with Crippen LogP contribution >= 0.6 is 0 Å². The van der Waals surface area contributed by atoms with Crippen LogP contribution in [0.15, 0.2) is 66.7 Å². The molecule has 0 saturated carbocycles. The van der Waals surface area contributed by atoms with Crippen LogP contribution in [-0.2, 0) is 13.1 Å². The zero-order chi connectivity index (χ0) is 25.5. The number of benzene rings is 3. The van der Waals surface area contributed by atoms with Gasteiger partial charge in [0.15, 0.2) is 0 Å². The van der Waals surface area contributed by atoms with Gasteiger partial charge in [-0.2, -0.15) is 0 Å². The van der Waals surface area contributed by atoms with Crippen molar-refractivity contribution in [2.24, 2.45) is 0 Å². The zero-order valence-corrected chi connectivity index (χ0v) is 21.1. The highest BCUT2D eigenvalue weighted by atomic mass is 16.6. The number of rotatable bonds is 10. The fraction of sp³-hybridized carbons (Fsp3) is 0.357. The van der Waals surface area contributed by atoms with Crippen LogP contribution < -0.4 is 14.2 Å². The lowest BCUT2D eigenvalue weighted by molar-refractivity contribution is -0.385. The summed E-state index contributed by atoms with van der Waals surface area (Å²) in [4.78, 5) is 16.1. The number of methoxy groups -OCH3 is 2. The first-order valence-electron chi connectivity index (χ1n) is 12.2. The van der Waals surface area contributed by atoms with Crippen molar-refractivity contribution in [3.05, 3.63) is 93.5 Å². The Kier molecular flexibility index (Phi) is 8.40. The van der Waals surface area contributed by atoms with E-state index in [4.69, 9.17) is 14.2 Å². The average Bonchev–Trinajstić information content (AvgIpc) is 2.90. The zero-order valence-electron chi connectivity index (χ0n) is 21.1. The van der Waals surface area contributed by atoms with Crippen LogP contribution in [0.2, 0.25) is 0 Å². The summed E-state index contributed by atoms with van der Waals surface area (Å²) < 4.78 is 16.6. The van der Waals surface area contributed by atoms with Crippen molar-refractivity contribution >= 4 is 5.69 Å². The van der Waals surface area contributed by atoms with Gasteiger partial charge in [0.25, 0.3) is 5.69 Å². The Balaban J connectivity index is 1.73. The van der Waals surface area contributed by atoms with E-state index in [9.17, 15) is 10.1 Å². The van der Waals surface area contributed by atoms with Gasteiger partial charge in [0, 0.05) is 43.9 Å². The number of nitro groups is 1. The lowest BCUT2D eigenvalue weighted by atomic mass is 10.0. The quantitative estimate of drug-likeness (QED) is 0.277. The second kappa shape index (κ2) is 11.9. The Morgan fingerprint density at radius 3 is 1.83 bits per heavy atom. The van der Waals surface area contributed by atoms with E-state index in [-0.39, 0.29) is 16.8 Å². The number of ether oxygens (including phenoxy) is 3. The van der Waals surface area contributed by atoms with Crippen LogP contribution in [0.5, 0.6) is 17.2 Å². The minimum atomic E-state index is -0.344. The molecule has 8 nitrogen and oxygen atoms in total. The summed E-state index contributed by atoms with van der Waals surface area (Å²) in [5, 5.41) is 11.7. The van der Waals surface area contributed by atoms with Crippen molar-refractivity contribution in [3.63, 3.8) is 0 Å². The Morgan fingerprint density at radius 1 is 0.861 bits per heavy atom. The Labute approximate surface area is 212 Å². The molecule has 0 aliphatic carbocycles. The molecule has 36 heavy (non-hydrogen) atoms. The molecule has 3 aromatic carbocycles. The minimum Gasteiger partial charge on any atom is -0.497 e. The third kappa shape index (κ3) is 5.95. The summed E-state index contributed by atoms with van der Waals surface area (Å²) in [6, 6.07) is 21.0. The molecule has 0 spiro atoms. The lowest BCUT2D eigenvalue weighted by Gasteiger charge is -2.44. The molecule has 0 radical (unpaired) electrons. The minimum absolute atomic E-state index is 0.0628. The summed E-state index contributed by atoms with van der Waals surface area (Å²) in [5.41, 5.74) is 3.17. The number of nitrogens with zero attached hydrogens (tertiary/aromatic N) is 3. The van der Waals surface area contributed by atoms with Crippen LogP contribution in [0.25, 0.3) is 0 Å². The Bertz CT molecular complexity index is 1090. The molecule has 0 N–H and O–H groups in total. The normalized spacial score (nSPS) is 15.0. The van der Waals surface area contributed by atoms with Crippen molar-refractivity contribution in [3.8, 4) is 17.2 Å². The van der Waals surface area contributed by atoms with E-state index in [2.05, 4.69) is 34.1 Å². The highest BCUT2D eigenvalue weighted by Crippen LogP contribution is 2.39. The third-order valence-corrected chi connectivity index (χ3v) is 6.45. The van der Waals surface area contributed by atoms with Gasteiger partial charge in [-0.05, 0) is 54.8 Å². The van der Waals surface area contributed by atoms with Crippen molar-refractivity contribution < 1.29 is 19.1 Å². The van der Waals surface area contributed by atoms with Gasteiger partial charge in [-0.3, -0.25) is 19.9 Å². The Morgan fingerprint density at radius 2 is 1.39 bits per heavy atom. The smallest absolute Gasteiger partial charge is 0.270 e. The topological polar surface area (TPSA) is 77.3 Å². The van der Waals surface area contributed by atoms with Crippen molar-refractivity contribution in [1.82, 2.24) is 9.80 Å². The molecule has 3 aromatic rings. The van der Waals surface area contributed by atoms with E-state index < -0.39 is 0 Å². The highest BCUT2D eigenvalue weighted by molar-refractivity contribution is 5.46. The molecule has 1 saturated heterocycles. The summed E-state index contributed by atoms with van der Waals surface area (Å²) in [7, 11) is 3.31. The first-order chi connectivity index (χ1) is 17.5. The van der Waals surface area contributed by atoms with Gasteiger partial charge < -0.3 is 14.2 Å². The molecular weight excluding hydrogens is 458 g/mol. The van der Waals surface area contributed by atoms with Gasteiger partial charge in [0.05, 0.1) is 31.9 Å². The van der Waals surface area contributed by atoms with Gasteiger partial charge >= 0.3 is 0 Å². The second-order valence-electron chi connectivity index (χ2n) is 8.78. The van der Waals surface area contributed by atoms with Gasteiger partial charge in [-0.15, -0.1) is 0 Å². The van der Waals surface area contributed by atoms with Crippen LogP contribution in [0, 0.1) is 10.1 Å². The maximum Gasteiger partial charge on any atom is 0.270 e. The predicted molar refractivity (Wildman–Crippen MR) is 138 cm³/mol. The Hall–Kier alpha value is -3.62. The first kappa shape index (κ1) is 25.5. The standard InChI is InChI=1S/C28H33N3O5/c1-4-36-27-15-10-23(31(32)33)18-26(27)28-29(19-21-6-11-24(34-2)12-7-21)16-5-17-30(28)20-22-8-13-25(35-3)14-9-22/h6-15,18,28H,4-5,16-17,19-20H2,1-3H3. The summed E-state index contributed by atoms with van der Waals surface area (Å²) in [6.45, 7) is 5.53. The molecule has 1 heterocycles. The number of hydrogen-bond acceptors (Lipinski definition) is 7. The maximum atomic E-state index is 11.7. The SMILES string of the molecule is CCOc1ccc([N+](=O)[O-])cc1C1N(Cc2ccc(OC)cc2)CCCN1Cc1ccc(OC)cc1. The fourth-order valence-corrected chi connectivity index (χ4v) is 4.75. The summed E-state index contributed by atoms with van der Waals surface area (Å²) in [6.07, 6.45) is 0.797. The largest absolute Gasteiger partial charge is 0.497 e. The molecule has 1 fully saturated rings. The van der Waals surface area contributed by atoms with E-state index >= 15 is 0 Å². The molecule has 1 aliphatic rings. The molecule has 0 amide bonds. The molecule has 1 aliphatic heterocycles. The van der Waals surface area contributed by atoms with Gasteiger partial charge in [0.1, 0.15) is 17.2 Å². The second-order valence-corrected chi connectivity index (χ2v) is 8.78. The molecule has 190 valence electrons. The highest BCUT2D eigenvalue weighted by Gasteiger charge is 2.34. The third-order valence-electron chi connectivity index (χ3n) is 6.45. The van der Waals surface area contributed by atoms with Crippen LogP contribution in [0.4, 0.5) is 5.69 Å².